The molecule has 0 heterocycles. The molecule has 0 aliphatic heterocycles. The summed E-state index contributed by atoms with van der Waals surface area (Å²) in [7, 11) is 0. The summed E-state index contributed by atoms with van der Waals surface area (Å²) in [5, 5.41) is 3.66. The predicted molar refractivity (Wildman–Crippen MR) is 82.8 cm³/mol. The minimum Gasteiger partial charge on any atom is -0.352 e. The van der Waals surface area contributed by atoms with Gasteiger partial charge in [-0.2, -0.15) is 0 Å². The molecule has 104 valence electrons. The van der Waals surface area contributed by atoms with E-state index in [-0.39, 0.29) is 5.91 Å². The first-order valence-corrected chi connectivity index (χ1v) is 7.08. The van der Waals surface area contributed by atoms with Gasteiger partial charge in [0.05, 0.1) is 0 Å². The Bertz CT molecular complexity index is 578. The summed E-state index contributed by atoms with van der Waals surface area (Å²) < 4.78 is 0. The number of hydrogen-bond donors (Lipinski definition) is 1. The van der Waals surface area contributed by atoms with Crippen LogP contribution in [0.1, 0.15) is 23.1 Å². The maximum absolute atomic E-state index is 11.8. The molecule has 2 aromatic rings. The predicted octanol–water partition coefficient (Wildman–Crippen LogP) is 3.90. The van der Waals surface area contributed by atoms with Gasteiger partial charge in [0.15, 0.2) is 0 Å². The lowest BCUT2D eigenvalue weighted by atomic mass is 10.1. The summed E-state index contributed by atoms with van der Waals surface area (Å²) in [5.74, 6) is 0.0708. The SMILES string of the molecule is Cc1cccc(CNC(=O)CCc2ccc(Cl)cc2)c1. The average Bonchev–Trinajstić information content (AvgIpc) is 2.45. The molecule has 0 unspecified atom stereocenters. The van der Waals surface area contributed by atoms with Crippen LogP contribution >= 0.6 is 11.6 Å². The van der Waals surface area contributed by atoms with Crippen LogP contribution in [0.5, 0.6) is 0 Å². The number of carbonyl (C=O) groups excluding carboxylic acids is 1. The number of aryl methyl sites for hydroxylation is 2. The van der Waals surface area contributed by atoms with Gasteiger partial charge in [0.2, 0.25) is 5.91 Å². The van der Waals surface area contributed by atoms with Gasteiger partial charge in [0, 0.05) is 18.0 Å². The van der Waals surface area contributed by atoms with Gasteiger partial charge in [-0.25, -0.2) is 0 Å². The van der Waals surface area contributed by atoms with Gasteiger partial charge in [-0.1, -0.05) is 53.6 Å². The van der Waals surface area contributed by atoms with Crippen molar-refractivity contribution in [2.24, 2.45) is 0 Å². The number of hydrogen-bond acceptors (Lipinski definition) is 1. The molecule has 0 saturated carbocycles. The van der Waals surface area contributed by atoms with E-state index in [1.165, 1.54) is 5.56 Å². The minimum atomic E-state index is 0.0708. The largest absolute Gasteiger partial charge is 0.352 e. The third kappa shape index (κ3) is 4.71. The lowest BCUT2D eigenvalue weighted by molar-refractivity contribution is -0.121. The number of rotatable bonds is 5. The second-order valence-corrected chi connectivity index (χ2v) is 5.33. The Morgan fingerprint density at radius 2 is 1.85 bits per heavy atom. The van der Waals surface area contributed by atoms with E-state index in [1.807, 2.05) is 49.4 Å². The summed E-state index contributed by atoms with van der Waals surface area (Å²) in [6.07, 6.45) is 1.23. The maximum Gasteiger partial charge on any atom is 0.220 e. The van der Waals surface area contributed by atoms with Gasteiger partial charge in [-0.3, -0.25) is 4.79 Å². The van der Waals surface area contributed by atoms with E-state index in [0.29, 0.717) is 13.0 Å². The number of carbonyl (C=O) groups is 1. The second kappa shape index (κ2) is 7.11. The Balaban J connectivity index is 1.77. The van der Waals surface area contributed by atoms with Crippen molar-refractivity contribution >= 4 is 17.5 Å². The van der Waals surface area contributed by atoms with E-state index in [0.717, 1.165) is 22.6 Å². The van der Waals surface area contributed by atoms with E-state index in [2.05, 4.69) is 11.4 Å². The Morgan fingerprint density at radius 1 is 1.10 bits per heavy atom. The highest BCUT2D eigenvalue weighted by atomic mass is 35.5. The highest BCUT2D eigenvalue weighted by Gasteiger charge is 2.02. The molecule has 0 fully saturated rings. The van der Waals surface area contributed by atoms with Crippen LogP contribution in [0, 0.1) is 6.92 Å². The molecule has 0 aliphatic rings. The number of amides is 1. The van der Waals surface area contributed by atoms with E-state index < -0.39 is 0 Å². The van der Waals surface area contributed by atoms with Crippen molar-refractivity contribution in [3.63, 3.8) is 0 Å². The molecule has 0 aliphatic carbocycles. The normalized spacial score (nSPS) is 10.3. The molecule has 0 aromatic heterocycles. The minimum absolute atomic E-state index is 0.0708. The fraction of sp³-hybridized carbons (Fsp3) is 0.235. The second-order valence-electron chi connectivity index (χ2n) is 4.89. The first kappa shape index (κ1) is 14.6. The first-order valence-electron chi connectivity index (χ1n) is 6.70. The monoisotopic (exact) mass is 287 g/mol. The van der Waals surface area contributed by atoms with Crippen molar-refractivity contribution in [2.75, 3.05) is 0 Å². The Kier molecular flexibility index (Phi) is 5.19. The number of nitrogens with one attached hydrogen (secondary N) is 1. The number of halogens is 1. The van der Waals surface area contributed by atoms with Crippen molar-refractivity contribution in [3.8, 4) is 0 Å². The topological polar surface area (TPSA) is 29.1 Å². The van der Waals surface area contributed by atoms with Crippen LogP contribution in [0.2, 0.25) is 5.02 Å². The molecule has 1 N–H and O–H groups in total. The van der Waals surface area contributed by atoms with Gasteiger partial charge in [-0.15, -0.1) is 0 Å². The summed E-state index contributed by atoms with van der Waals surface area (Å²) in [4.78, 5) is 11.8. The van der Waals surface area contributed by atoms with Gasteiger partial charge >= 0.3 is 0 Å². The molecule has 2 aromatic carbocycles. The lowest BCUT2D eigenvalue weighted by Gasteiger charge is -2.06. The third-order valence-electron chi connectivity index (χ3n) is 3.13. The molecular formula is C17H18ClNO. The van der Waals surface area contributed by atoms with Gasteiger partial charge in [0.25, 0.3) is 0 Å². The van der Waals surface area contributed by atoms with Gasteiger partial charge < -0.3 is 5.32 Å². The van der Waals surface area contributed by atoms with Crippen molar-refractivity contribution in [3.05, 3.63) is 70.2 Å². The van der Waals surface area contributed by atoms with Crippen molar-refractivity contribution in [1.29, 1.82) is 0 Å². The van der Waals surface area contributed by atoms with Crippen LogP contribution < -0.4 is 5.32 Å². The van der Waals surface area contributed by atoms with Crippen molar-refractivity contribution < 1.29 is 4.79 Å². The van der Waals surface area contributed by atoms with Crippen LogP contribution in [0.4, 0.5) is 0 Å². The third-order valence-corrected chi connectivity index (χ3v) is 3.38. The fourth-order valence-electron chi connectivity index (χ4n) is 2.02. The van der Waals surface area contributed by atoms with Crippen LogP contribution in [0.3, 0.4) is 0 Å². The molecule has 2 rings (SSSR count). The fourth-order valence-corrected chi connectivity index (χ4v) is 2.15. The van der Waals surface area contributed by atoms with Crippen LogP contribution in [-0.4, -0.2) is 5.91 Å². The smallest absolute Gasteiger partial charge is 0.220 e. The van der Waals surface area contributed by atoms with Gasteiger partial charge in [0.1, 0.15) is 0 Å². The molecule has 0 saturated heterocycles. The van der Waals surface area contributed by atoms with Crippen molar-refractivity contribution in [1.82, 2.24) is 5.32 Å². The van der Waals surface area contributed by atoms with E-state index in [1.54, 1.807) is 0 Å². The number of benzene rings is 2. The Morgan fingerprint density at radius 3 is 2.55 bits per heavy atom. The zero-order valence-electron chi connectivity index (χ0n) is 11.5. The highest BCUT2D eigenvalue weighted by Crippen LogP contribution is 2.11. The molecule has 0 radical (unpaired) electrons. The molecule has 0 spiro atoms. The lowest BCUT2D eigenvalue weighted by Crippen LogP contribution is -2.23. The average molecular weight is 288 g/mol. The maximum atomic E-state index is 11.8. The highest BCUT2D eigenvalue weighted by molar-refractivity contribution is 6.30. The van der Waals surface area contributed by atoms with Crippen molar-refractivity contribution in [2.45, 2.75) is 26.3 Å². The Hall–Kier alpha value is -1.80. The summed E-state index contributed by atoms with van der Waals surface area (Å²) >= 11 is 5.83. The first-order chi connectivity index (χ1) is 9.63. The standard InChI is InChI=1S/C17H18ClNO/c1-13-3-2-4-15(11-13)12-19-17(20)10-7-14-5-8-16(18)9-6-14/h2-6,8-9,11H,7,10,12H2,1H3,(H,19,20). The van der Waals surface area contributed by atoms with Crippen LogP contribution in [0.25, 0.3) is 0 Å². The molecule has 3 heteroatoms. The summed E-state index contributed by atoms with van der Waals surface area (Å²) in [5.41, 5.74) is 3.46. The summed E-state index contributed by atoms with van der Waals surface area (Å²) in [6, 6.07) is 15.8. The molecule has 2 nitrogen and oxygen atoms in total. The summed E-state index contributed by atoms with van der Waals surface area (Å²) in [6.45, 7) is 2.63. The molecule has 1 amide bonds. The van der Waals surface area contributed by atoms with E-state index >= 15 is 0 Å². The Labute approximate surface area is 124 Å². The molecule has 0 bridgehead atoms. The molecule has 0 atom stereocenters. The van der Waals surface area contributed by atoms with E-state index in [4.69, 9.17) is 11.6 Å². The quantitative estimate of drug-likeness (QED) is 0.888. The zero-order valence-corrected chi connectivity index (χ0v) is 12.3. The molecule has 20 heavy (non-hydrogen) atoms. The zero-order chi connectivity index (χ0) is 14.4. The van der Waals surface area contributed by atoms with Crippen LogP contribution in [-0.2, 0) is 17.8 Å². The van der Waals surface area contributed by atoms with Crippen LogP contribution in [0.15, 0.2) is 48.5 Å². The van der Waals surface area contributed by atoms with E-state index in [9.17, 15) is 4.79 Å². The molecular weight excluding hydrogens is 270 g/mol. The van der Waals surface area contributed by atoms with Gasteiger partial charge in [-0.05, 0) is 36.6 Å².